The van der Waals surface area contributed by atoms with Crippen molar-refractivity contribution in [3.8, 4) is 11.3 Å². The van der Waals surface area contributed by atoms with Crippen molar-refractivity contribution in [2.75, 3.05) is 0 Å². The minimum Gasteiger partial charge on any atom is -0.477 e. The Labute approximate surface area is 109 Å². The van der Waals surface area contributed by atoms with Gasteiger partial charge in [-0.1, -0.05) is 17.7 Å². The molecule has 0 aliphatic rings. The lowest BCUT2D eigenvalue weighted by Gasteiger charge is -2.07. The number of carboxylic acid groups (broad SMARTS) is 1. The highest BCUT2D eigenvalue weighted by Crippen LogP contribution is 2.23. The minimum atomic E-state index is -1.05. The van der Waals surface area contributed by atoms with E-state index >= 15 is 0 Å². The van der Waals surface area contributed by atoms with E-state index in [0.29, 0.717) is 5.69 Å². The lowest BCUT2D eigenvalue weighted by atomic mass is 10.0. The predicted octanol–water partition coefficient (Wildman–Crippen LogP) is 3.12. The smallest absolute Gasteiger partial charge is 0.352 e. The Morgan fingerprint density at radius 3 is 2.72 bits per heavy atom. The van der Waals surface area contributed by atoms with Crippen LogP contribution in [0.4, 0.5) is 0 Å². The van der Waals surface area contributed by atoms with Gasteiger partial charge in [-0.15, -0.1) is 0 Å². The monoisotopic (exact) mass is 260 g/mol. The first-order chi connectivity index (χ1) is 8.47. The van der Waals surface area contributed by atoms with Crippen molar-refractivity contribution in [3.05, 3.63) is 45.9 Å². The average molecular weight is 260 g/mol. The van der Waals surface area contributed by atoms with E-state index in [1.165, 1.54) is 6.07 Å². The minimum absolute atomic E-state index is 0.0471. The molecule has 0 aliphatic heterocycles. The van der Waals surface area contributed by atoms with E-state index in [4.69, 9.17) is 17.3 Å². The molecule has 18 heavy (non-hydrogen) atoms. The van der Waals surface area contributed by atoms with Crippen LogP contribution in [0.1, 0.15) is 21.6 Å². The molecule has 0 saturated carbocycles. The molecule has 2 rings (SSSR count). The SMILES string of the molecule is Cc1ccc(C)c(-c2cc(C(=O)O)[nH]c(=S)n2)c1. The van der Waals surface area contributed by atoms with Crippen LogP contribution in [-0.2, 0) is 0 Å². The summed E-state index contributed by atoms with van der Waals surface area (Å²) < 4.78 is 0.172. The van der Waals surface area contributed by atoms with Gasteiger partial charge in [0.1, 0.15) is 5.69 Å². The van der Waals surface area contributed by atoms with Crippen molar-refractivity contribution >= 4 is 18.2 Å². The van der Waals surface area contributed by atoms with Gasteiger partial charge in [0.15, 0.2) is 4.77 Å². The summed E-state index contributed by atoms with van der Waals surface area (Å²) in [4.78, 5) is 17.7. The molecule has 0 amide bonds. The van der Waals surface area contributed by atoms with E-state index < -0.39 is 5.97 Å². The zero-order chi connectivity index (χ0) is 13.3. The number of hydrogen-bond donors (Lipinski definition) is 2. The Morgan fingerprint density at radius 2 is 2.06 bits per heavy atom. The van der Waals surface area contributed by atoms with Gasteiger partial charge in [0.25, 0.3) is 0 Å². The van der Waals surface area contributed by atoms with E-state index in [0.717, 1.165) is 16.7 Å². The molecule has 5 heteroatoms. The summed E-state index contributed by atoms with van der Waals surface area (Å²) in [7, 11) is 0. The highest BCUT2D eigenvalue weighted by molar-refractivity contribution is 7.71. The van der Waals surface area contributed by atoms with Gasteiger partial charge in [-0.05, 0) is 43.8 Å². The van der Waals surface area contributed by atoms with Crippen molar-refractivity contribution < 1.29 is 9.90 Å². The quantitative estimate of drug-likeness (QED) is 0.814. The summed E-state index contributed by atoms with van der Waals surface area (Å²) in [6.07, 6.45) is 0. The first kappa shape index (κ1) is 12.4. The van der Waals surface area contributed by atoms with E-state index in [9.17, 15) is 4.79 Å². The maximum absolute atomic E-state index is 11.0. The normalized spacial score (nSPS) is 10.3. The first-order valence-electron chi connectivity index (χ1n) is 5.39. The molecule has 0 spiro atoms. The number of aromatic amines is 1. The second kappa shape index (κ2) is 4.70. The fraction of sp³-hybridized carbons (Fsp3) is 0.154. The fourth-order valence-electron chi connectivity index (χ4n) is 1.72. The van der Waals surface area contributed by atoms with Crippen LogP contribution in [0.5, 0.6) is 0 Å². The molecule has 0 radical (unpaired) electrons. The summed E-state index contributed by atoms with van der Waals surface area (Å²) in [5, 5.41) is 9.00. The van der Waals surface area contributed by atoms with Crippen molar-refractivity contribution in [2.24, 2.45) is 0 Å². The molecule has 0 aliphatic carbocycles. The van der Waals surface area contributed by atoms with Gasteiger partial charge >= 0.3 is 5.97 Å². The number of carbonyl (C=O) groups is 1. The Bertz CT molecular complexity index is 677. The van der Waals surface area contributed by atoms with Crippen LogP contribution < -0.4 is 0 Å². The molecule has 1 aromatic heterocycles. The zero-order valence-electron chi connectivity index (χ0n) is 10.0. The van der Waals surface area contributed by atoms with E-state index in [2.05, 4.69) is 9.97 Å². The standard InChI is InChI=1S/C13H12N2O2S/c1-7-3-4-8(2)9(5-7)10-6-11(12(16)17)15-13(18)14-10/h3-6H,1-2H3,(H,16,17)(H,14,15,18). The Balaban J connectivity index is 2.67. The van der Waals surface area contributed by atoms with Gasteiger partial charge in [-0.3, -0.25) is 0 Å². The molecule has 2 N–H and O–H groups in total. The Morgan fingerprint density at radius 1 is 1.33 bits per heavy atom. The summed E-state index contributed by atoms with van der Waals surface area (Å²) in [6, 6.07) is 7.45. The van der Waals surface area contributed by atoms with Crippen LogP contribution in [0.25, 0.3) is 11.3 Å². The number of nitrogens with one attached hydrogen (secondary N) is 1. The molecule has 0 fully saturated rings. The number of carboxylic acids is 1. The van der Waals surface area contributed by atoms with E-state index in [1.807, 2.05) is 32.0 Å². The number of H-pyrrole nitrogens is 1. The van der Waals surface area contributed by atoms with Crippen molar-refractivity contribution in [2.45, 2.75) is 13.8 Å². The lowest BCUT2D eigenvalue weighted by molar-refractivity contribution is 0.0690. The fourth-order valence-corrected chi connectivity index (χ4v) is 1.93. The molecule has 0 bridgehead atoms. The van der Waals surface area contributed by atoms with Crippen molar-refractivity contribution in [1.82, 2.24) is 9.97 Å². The van der Waals surface area contributed by atoms with Crippen molar-refractivity contribution in [3.63, 3.8) is 0 Å². The first-order valence-corrected chi connectivity index (χ1v) is 5.80. The molecular formula is C13H12N2O2S. The summed E-state index contributed by atoms with van der Waals surface area (Å²) in [6.45, 7) is 3.93. The van der Waals surface area contributed by atoms with Gasteiger partial charge in [0.05, 0.1) is 5.69 Å². The highest BCUT2D eigenvalue weighted by atomic mass is 32.1. The second-order valence-corrected chi connectivity index (χ2v) is 4.50. The van der Waals surface area contributed by atoms with Gasteiger partial charge in [0.2, 0.25) is 0 Å². The molecule has 92 valence electrons. The summed E-state index contributed by atoms with van der Waals surface area (Å²) in [5.41, 5.74) is 3.65. The largest absolute Gasteiger partial charge is 0.477 e. The van der Waals surface area contributed by atoms with E-state index in [1.54, 1.807) is 0 Å². The third kappa shape index (κ3) is 2.46. The second-order valence-electron chi connectivity index (χ2n) is 4.11. The number of nitrogens with zero attached hydrogens (tertiary/aromatic N) is 1. The Hall–Kier alpha value is -2.01. The molecule has 0 saturated heterocycles. The van der Waals surface area contributed by atoms with Crippen LogP contribution in [0, 0.1) is 18.6 Å². The van der Waals surface area contributed by atoms with Crippen LogP contribution >= 0.6 is 12.2 Å². The predicted molar refractivity (Wildman–Crippen MR) is 71.3 cm³/mol. The summed E-state index contributed by atoms with van der Waals surface area (Å²) >= 11 is 4.95. The maximum Gasteiger partial charge on any atom is 0.352 e. The number of aryl methyl sites for hydroxylation is 2. The molecule has 0 atom stereocenters. The molecule has 4 nitrogen and oxygen atoms in total. The third-order valence-electron chi connectivity index (χ3n) is 2.64. The van der Waals surface area contributed by atoms with Crippen molar-refractivity contribution in [1.29, 1.82) is 0 Å². The molecule has 1 heterocycles. The van der Waals surface area contributed by atoms with Gasteiger partial charge in [0, 0.05) is 5.56 Å². The van der Waals surface area contributed by atoms with Crippen LogP contribution in [0.15, 0.2) is 24.3 Å². The van der Waals surface area contributed by atoms with Gasteiger partial charge in [-0.2, -0.15) is 0 Å². The third-order valence-corrected chi connectivity index (χ3v) is 2.84. The lowest BCUT2D eigenvalue weighted by Crippen LogP contribution is -2.03. The molecule has 2 aromatic rings. The maximum atomic E-state index is 11.0. The summed E-state index contributed by atoms with van der Waals surface area (Å²) in [5.74, 6) is -1.05. The van der Waals surface area contributed by atoms with Crippen LogP contribution in [0.2, 0.25) is 0 Å². The molecular weight excluding hydrogens is 248 g/mol. The number of hydrogen-bond acceptors (Lipinski definition) is 3. The number of aromatic carboxylic acids is 1. The molecule has 0 unspecified atom stereocenters. The zero-order valence-corrected chi connectivity index (χ0v) is 10.8. The van der Waals surface area contributed by atoms with E-state index in [-0.39, 0.29) is 10.5 Å². The topological polar surface area (TPSA) is 66.0 Å². The molecule has 1 aromatic carbocycles. The van der Waals surface area contributed by atoms with Crippen LogP contribution in [-0.4, -0.2) is 21.0 Å². The van der Waals surface area contributed by atoms with Gasteiger partial charge < -0.3 is 10.1 Å². The number of benzene rings is 1. The van der Waals surface area contributed by atoms with Crippen LogP contribution in [0.3, 0.4) is 0 Å². The average Bonchev–Trinajstić information content (AvgIpc) is 2.31. The Kier molecular flexibility index (Phi) is 3.25. The van der Waals surface area contributed by atoms with Gasteiger partial charge in [-0.25, -0.2) is 9.78 Å². The number of rotatable bonds is 2. The highest BCUT2D eigenvalue weighted by Gasteiger charge is 2.09. The number of aromatic nitrogens is 2.